The van der Waals surface area contributed by atoms with Crippen molar-refractivity contribution in [1.29, 1.82) is 0 Å². The van der Waals surface area contributed by atoms with E-state index in [0.29, 0.717) is 37.8 Å². The highest BCUT2D eigenvalue weighted by molar-refractivity contribution is 5.80. The van der Waals surface area contributed by atoms with Crippen LogP contribution in [-0.4, -0.2) is 60.6 Å². The van der Waals surface area contributed by atoms with Crippen molar-refractivity contribution in [3.8, 4) is 11.5 Å². The average Bonchev–Trinajstić information content (AvgIpc) is 3.52. The minimum Gasteiger partial charge on any atom is -0.496 e. The second-order valence-electron chi connectivity index (χ2n) is 12.6. The molecule has 1 unspecified atom stereocenters. The van der Waals surface area contributed by atoms with Crippen LogP contribution in [0, 0.1) is 29.0 Å². The smallest absolute Gasteiger partial charge is 0.309 e. The molecule has 1 aromatic rings. The number of benzene rings is 1. The number of rotatable bonds is 11. The SMILES string of the molecule is COc1cc(F)c(O[C@H]2CC[C@@](C)(C(=O)O)CC2)cc1C(O)N[C@@H]1[C@H]2CC[C@H](C2)[C@@H]1C(=O)NCC1(OC)CCC1. The quantitative estimate of drug-likeness (QED) is 0.299. The van der Waals surface area contributed by atoms with Crippen LogP contribution < -0.4 is 20.1 Å². The summed E-state index contributed by atoms with van der Waals surface area (Å²) in [5.41, 5.74) is -0.729. The highest BCUT2D eigenvalue weighted by atomic mass is 19.1. The number of nitrogens with one attached hydrogen (secondary N) is 2. The molecule has 4 saturated carbocycles. The molecule has 0 saturated heterocycles. The van der Waals surface area contributed by atoms with Crippen molar-refractivity contribution in [2.75, 3.05) is 20.8 Å². The molecule has 0 spiro atoms. The Bertz CT molecular complexity index is 1100. The van der Waals surface area contributed by atoms with Gasteiger partial charge in [-0.25, -0.2) is 4.39 Å². The van der Waals surface area contributed by atoms with Crippen LogP contribution in [-0.2, 0) is 14.3 Å². The molecule has 10 heteroatoms. The molecule has 2 bridgehead atoms. The number of carbonyl (C=O) groups is 2. The van der Waals surface area contributed by atoms with Gasteiger partial charge in [-0.05, 0) is 89.0 Å². The number of aliphatic hydroxyl groups is 1. The van der Waals surface area contributed by atoms with Crippen LogP contribution in [0.25, 0.3) is 0 Å². The number of ether oxygens (including phenoxy) is 3. The highest BCUT2D eigenvalue weighted by Gasteiger charge is 2.52. The van der Waals surface area contributed by atoms with Gasteiger partial charge in [0.15, 0.2) is 11.6 Å². The average molecular weight is 563 g/mol. The Morgan fingerprint density at radius 2 is 1.77 bits per heavy atom. The zero-order valence-electron chi connectivity index (χ0n) is 23.7. The highest BCUT2D eigenvalue weighted by Crippen LogP contribution is 2.49. The van der Waals surface area contributed by atoms with Gasteiger partial charge in [-0.15, -0.1) is 0 Å². The lowest BCUT2D eigenvalue weighted by molar-refractivity contribution is -0.150. The number of methoxy groups -OCH3 is 2. The molecule has 5 rings (SSSR count). The van der Waals surface area contributed by atoms with Crippen molar-refractivity contribution >= 4 is 11.9 Å². The van der Waals surface area contributed by atoms with E-state index in [1.165, 1.54) is 19.2 Å². The first-order valence-corrected chi connectivity index (χ1v) is 14.6. The monoisotopic (exact) mass is 562 g/mol. The summed E-state index contributed by atoms with van der Waals surface area (Å²) in [4.78, 5) is 24.9. The van der Waals surface area contributed by atoms with Crippen LogP contribution in [0.1, 0.15) is 82.9 Å². The van der Waals surface area contributed by atoms with Crippen LogP contribution in [0.4, 0.5) is 4.39 Å². The Labute approximate surface area is 235 Å². The Morgan fingerprint density at radius 3 is 2.38 bits per heavy atom. The molecule has 4 aliphatic rings. The van der Waals surface area contributed by atoms with E-state index in [1.54, 1.807) is 14.0 Å². The van der Waals surface area contributed by atoms with Crippen molar-refractivity contribution in [3.63, 3.8) is 0 Å². The molecule has 0 heterocycles. The van der Waals surface area contributed by atoms with Crippen molar-refractivity contribution < 1.29 is 38.4 Å². The molecule has 5 atom stereocenters. The van der Waals surface area contributed by atoms with E-state index >= 15 is 0 Å². The van der Waals surface area contributed by atoms with Gasteiger partial charge in [0, 0.05) is 31.3 Å². The van der Waals surface area contributed by atoms with Crippen LogP contribution >= 0.6 is 0 Å². The number of amides is 1. The fourth-order valence-electron chi connectivity index (χ4n) is 7.34. The Hall–Kier alpha value is -2.43. The number of carboxylic acids is 1. The van der Waals surface area contributed by atoms with E-state index in [-0.39, 0.29) is 52.9 Å². The largest absolute Gasteiger partial charge is 0.496 e. The molecule has 4 N–H and O–H groups in total. The van der Waals surface area contributed by atoms with Crippen molar-refractivity contribution in [1.82, 2.24) is 10.6 Å². The fraction of sp³-hybridized carbons (Fsp3) is 0.733. The number of hydrogen-bond donors (Lipinski definition) is 4. The van der Waals surface area contributed by atoms with E-state index in [1.807, 2.05) is 0 Å². The number of carbonyl (C=O) groups excluding carboxylic acids is 1. The van der Waals surface area contributed by atoms with Gasteiger partial charge in [-0.3, -0.25) is 14.9 Å². The number of hydrogen-bond acceptors (Lipinski definition) is 7. The topological polar surface area (TPSA) is 126 Å². The summed E-state index contributed by atoms with van der Waals surface area (Å²) in [6.07, 6.45) is 6.26. The number of carboxylic acid groups (broad SMARTS) is 1. The lowest BCUT2D eigenvalue weighted by Crippen LogP contribution is -2.54. The van der Waals surface area contributed by atoms with Crippen molar-refractivity contribution in [2.24, 2.45) is 23.2 Å². The van der Waals surface area contributed by atoms with Gasteiger partial charge < -0.3 is 29.7 Å². The maximum absolute atomic E-state index is 15.0. The summed E-state index contributed by atoms with van der Waals surface area (Å²) in [6.45, 7) is 2.22. The summed E-state index contributed by atoms with van der Waals surface area (Å²) in [6, 6.07) is 2.44. The van der Waals surface area contributed by atoms with Gasteiger partial charge in [0.25, 0.3) is 0 Å². The first-order chi connectivity index (χ1) is 19.1. The molecule has 9 nitrogen and oxygen atoms in total. The van der Waals surface area contributed by atoms with Crippen LogP contribution in [0.5, 0.6) is 11.5 Å². The van der Waals surface area contributed by atoms with Crippen molar-refractivity contribution in [2.45, 2.75) is 95.1 Å². The standard InChI is InChI=1S/C30H43FN2O7/c1-29(28(36)37)11-7-19(8-12-29)40-23-14-20(22(38-2)15-21(23)31)26(34)33-25-18-6-5-17(13-18)24(25)27(35)32-16-30(39-3)9-4-10-30/h14-15,17-19,24-26,33-34H,4-13,16H2,1-3H3,(H,32,35)(H,36,37)/t17-,18+,19-,24+,25-,26?,29+/m1/s1. The Kier molecular flexibility index (Phi) is 8.32. The number of aliphatic hydroxyl groups excluding tert-OH is 1. The molecule has 4 fully saturated rings. The number of halogens is 1. The van der Waals surface area contributed by atoms with Gasteiger partial charge in [-0.1, -0.05) is 0 Å². The summed E-state index contributed by atoms with van der Waals surface area (Å²) in [5, 5.41) is 27.2. The molecule has 222 valence electrons. The third-order valence-corrected chi connectivity index (χ3v) is 10.3. The fourth-order valence-corrected chi connectivity index (χ4v) is 7.34. The summed E-state index contributed by atoms with van der Waals surface area (Å²) < 4.78 is 32.0. The third-order valence-electron chi connectivity index (χ3n) is 10.3. The first-order valence-electron chi connectivity index (χ1n) is 14.6. The van der Waals surface area contributed by atoms with Crippen LogP contribution in [0.15, 0.2) is 12.1 Å². The number of fused-ring (bicyclic) bond motifs is 2. The predicted octanol–water partition coefficient (Wildman–Crippen LogP) is 3.93. The maximum Gasteiger partial charge on any atom is 0.309 e. The predicted molar refractivity (Wildman–Crippen MR) is 144 cm³/mol. The minimum atomic E-state index is -1.20. The van der Waals surface area contributed by atoms with E-state index in [9.17, 15) is 24.2 Å². The second kappa shape index (κ2) is 11.4. The van der Waals surface area contributed by atoms with Gasteiger partial charge in [0.2, 0.25) is 5.91 Å². The van der Waals surface area contributed by atoms with Gasteiger partial charge >= 0.3 is 5.97 Å². The summed E-state index contributed by atoms with van der Waals surface area (Å²) in [5.74, 6) is -1.02. The molecule has 40 heavy (non-hydrogen) atoms. The van der Waals surface area contributed by atoms with Gasteiger partial charge in [0.05, 0.1) is 30.1 Å². The van der Waals surface area contributed by atoms with Crippen LogP contribution in [0.2, 0.25) is 0 Å². The third kappa shape index (κ3) is 5.54. The zero-order valence-corrected chi connectivity index (χ0v) is 23.7. The molecule has 0 aliphatic heterocycles. The molecule has 0 radical (unpaired) electrons. The maximum atomic E-state index is 15.0. The normalized spacial score (nSPS) is 33.2. The van der Waals surface area contributed by atoms with Crippen LogP contribution in [0.3, 0.4) is 0 Å². The lowest BCUT2D eigenvalue weighted by Gasteiger charge is -2.41. The first kappa shape index (κ1) is 29.1. The summed E-state index contributed by atoms with van der Waals surface area (Å²) >= 11 is 0. The molecule has 4 aliphatic carbocycles. The molecular formula is C30H43FN2O7. The van der Waals surface area contributed by atoms with Gasteiger partial charge in [-0.2, -0.15) is 0 Å². The molecule has 1 aromatic carbocycles. The Balaban J connectivity index is 1.28. The van der Waals surface area contributed by atoms with Gasteiger partial charge in [0.1, 0.15) is 12.0 Å². The van der Waals surface area contributed by atoms with Crippen molar-refractivity contribution in [3.05, 3.63) is 23.5 Å². The van der Waals surface area contributed by atoms with E-state index in [4.69, 9.17) is 14.2 Å². The number of aliphatic carboxylic acids is 1. The Morgan fingerprint density at radius 1 is 1.07 bits per heavy atom. The molecule has 1 amide bonds. The zero-order chi connectivity index (χ0) is 28.7. The van der Waals surface area contributed by atoms with E-state index in [2.05, 4.69) is 10.6 Å². The van der Waals surface area contributed by atoms with E-state index < -0.39 is 23.4 Å². The minimum absolute atomic E-state index is 0.00632. The molecule has 0 aromatic heterocycles. The second-order valence-corrected chi connectivity index (χ2v) is 12.6. The van der Waals surface area contributed by atoms with E-state index in [0.717, 1.165) is 38.5 Å². The lowest BCUT2D eigenvalue weighted by atomic mass is 9.75. The molecular weight excluding hydrogens is 519 g/mol. The summed E-state index contributed by atoms with van der Waals surface area (Å²) in [7, 11) is 3.11.